The number of likely N-dealkylation sites (tertiary alicyclic amines) is 1. The number of piperidine rings is 1. The van der Waals surface area contributed by atoms with Gasteiger partial charge < -0.3 is 15.0 Å². The van der Waals surface area contributed by atoms with Crippen LogP contribution in [0.25, 0.3) is 0 Å². The van der Waals surface area contributed by atoms with Crippen LogP contribution in [0.4, 0.5) is 10.5 Å². The molecule has 3 aliphatic heterocycles. The third-order valence-electron chi connectivity index (χ3n) is 7.80. The van der Waals surface area contributed by atoms with Gasteiger partial charge in [-0.25, -0.2) is 4.79 Å². The molecule has 3 heterocycles. The summed E-state index contributed by atoms with van der Waals surface area (Å²) in [5, 5.41) is 14.1. The first-order valence-electron chi connectivity index (χ1n) is 12.2. The molecule has 0 saturated carbocycles. The molecule has 180 valence electrons. The quantitative estimate of drug-likeness (QED) is 0.517. The maximum absolute atomic E-state index is 13.3. The molecule has 3 saturated heterocycles. The molecule has 2 aromatic rings. The average molecular weight is 465 g/mol. The van der Waals surface area contributed by atoms with E-state index < -0.39 is 0 Å². The zero-order valence-electron chi connectivity index (χ0n) is 19.4. The highest BCUT2D eigenvalue weighted by Crippen LogP contribution is 2.45. The summed E-state index contributed by atoms with van der Waals surface area (Å²) in [6.45, 7) is 4.68. The van der Waals surface area contributed by atoms with Crippen molar-refractivity contribution in [2.45, 2.75) is 43.8 Å². The fourth-order valence-electron chi connectivity index (χ4n) is 6.09. The molecule has 2 aromatic carbocycles. The van der Waals surface area contributed by atoms with Crippen LogP contribution in [0.1, 0.15) is 36.8 Å². The normalized spacial score (nSPS) is 24.8. The summed E-state index contributed by atoms with van der Waals surface area (Å²) >= 11 is 0. The van der Waals surface area contributed by atoms with E-state index in [0.29, 0.717) is 12.5 Å². The number of carbonyl (C=O) groups is 1. The maximum atomic E-state index is 13.3. The predicted molar refractivity (Wildman–Crippen MR) is 128 cm³/mol. The van der Waals surface area contributed by atoms with Crippen molar-refractivity contribution in [3.63, 3.8) is 0 Å². The third kappa shape index (κ3) is 4.28. The minimum absolute atomic E-state index is 0.0455. The number of rotatable bonds is 6. The summed E-state index contributed by atoms with van der Waals surface area (Å²) in [4.78, 5) is 28.4. The van der Waals surface area contributed by atoms with Crippen molar-refractivity contribution in [2.75, 3.05) is 32.8 Å². The minimum Gasteiger partial charge on any atom is -0.381 e. The van der Waals surface area contributed by atoms with Gasteiger partial charge in [0.15, 0.2) is 0 Å². The molecule has 34 heavy (non-hydrogen) atoms. The number of hydrogen-bond acceptors (Lipinski definition) is 5. The number of non-ortho nitro benzene ring substituents is 1. The molecule has 0 aromatic heterocycles. The number of amides is 2. The molecule has 0 radical (unpaired) electrons. The number of ether oxygens (including phenoxy) is 1. The van der Waals surface area contributed by atoms with Crippen molar-refractivity contribution in [3.8, 4) is 0 Å². The summed E-state index contributed by atoms with van der Waals surface area (Å²) in [5.41, 5.74) is 2.07. The van der Waals surface area contributed by atoms with E-state index in [9.17, 15) is 14.9 Å². The van der Waals surface area contributed by atoms with Crippen LogP contribution in [0.2, 0.25) is 0 Å². The Bertz CT molecular complexity index is 1000. The maximum Gasteiger partial charge on any atom is 0.318 e. The predicted octanol–water partition coefficient (Wildman–Crippen LogP) is 3.91. The minimum atomic E-state index is -0.367. The van der Waals surface area contributed by atoms with Crippen molar-refractivity contribution in [2.24, 2.45) is 5.92 Å². The van der Waals surface area contributed by atoms with Gasteiger partial charge in [-0.1, -0.05) is 42.5 Å². The van der Waals surface area contributed by atoms with Crippen LogP contribution in [0.15, 0.2) is 54.6 Å². The second-order valence-corrected chi connectivity index (χ2v) is 9.64. The van der Waals surface area contributed by atoms with Crippen molar-refractivity contribution in [3.05, 3.63) is 75.8 Å². The fourth-order valence-corrected chi connectivity index (χ4v) is 6.09. The monoisotopic (exact) mass is 464 g/mol. The average Bonchev–Trinajstić information content (AvgIpc) is 3.24. The number of urea groups is 1. The highest BCUT2D eigenvalue weighted by molar-refractivity contribution is 5.79. The Balaban J connectivity index is 1.33. The highest BCUT2D eigenvalue weighted by atomic mass is 16.6. The van der Waals surface area contributed by atoms with E-state index in [1.54, 1.807) is 12.1 Å². The summed E-state index contributed by atoms with van der Waals surface area (Å²) in [5.74, 6) is 0.362. The van der Waals surface area contributed by atoms with Crippen LogP contribution in [0.3, 0.4) is 0 Å². The number of nitro groups is 1. The van der Waals surface area contributed by atoms with Gasteiger partial charge >= 0.3 is 6.03 Å². The molecule has 1 N–H and O–H groups in total. The topological polar surface area (TPSA) is 88.0 Å². The Morgan fingerprint density at radius 1 is 1.00 bits per heavy atom. The molecule has 3 fully saturated rings. The SMILES string of the molecule is O=C1NC[C@](c2ccccc2)(C2CCOCC2)N1C1CCN(Cc2ccc([N+](=O)[O-])cc2)CC1. The largest absolute Gasteiger partial charge is 0.381 e. The van der Waals surface area contributed by atoms with E-state index in [1.807, 2.05) is 18.2 Å². The van der Waals surface area contributed by atoms with Crippen LogP contribution in [0.5, 0.6) is 0 Å². The molecule has 0 aliphatic carbocycles. The standard InChI is InChI=1S/C26H32N4O4/c31-25-27-19-26(21-4-2-1-3-5-21,22-12-16-34-17-13-22)29(25)23-10-14-28(15-11-23)18-20-6-8-24(9-7-20)30(32)33/h1-9,22-23H,10-19H2,(H,27,31)/t26-/m0/s1. The van der Waals surface area contributed by atoms with Gasteiger partial charge in [0.2, 0.25) is 0 Å². The summed E-state index contributed by atoms with van der Waals surface area (Å²) in [6, 6.07) is 17.6. The van der Waals surface area contributed by atoms with E-state index in [-0.39, 0.29) is 28.2 Å². The van der Waals surface area contributed by atoms with Crippen LogP contribution < -0.4 is 5.32 Å². The summed E-state index contributed by atoms with van der Waals surface area (Å²) in [6.07, 6.45) is 3.75. The first-order chi connectivity index (χ1) is 16.6. The lowest BCUT2D eigenvalue weighted by Gasteiger charge is -2.49. The Kier molecular flexibility index (Phi) is 6.52. The zero-order valence-corrected chi connectivity index (χ0v) is 19.4. The third-order valence-corrected chi connectivity index (χ3v) is 7.80. The Morgan fingerprint density at radius 3 is 2.32 bits per heavy atom. The number of nitrogens with zero attached hydrogens (tertiary/aromatic N) is 3. The van der Waals surface area contributed by atoms with E-state index in [1.165, 1.54) is 5.56 Å². The molecule has 3 aliphatic rings. The van der Waals surface area contributed by atoms with Crippen molar-refractivity contribution >= 4 is 11.7 Å². The van der Waals surface area contributed by atoms with Crippen molar-refractivity contribution in [1.82, 2.24) is 15.1 Å². The zero-order chi connectivity index (χ0) is 23.5. The van der Waals surface area contributed by atoms with Crippen LogP contribution in [-0.2, 0) is 16.8 Å². The van der Waals surface area contributed by atoms with Gasteiger partial charge in [0.05, 0.1) is 10.5 Å². The lowest BCUT2D eigenvalue weighted by molar-refractivity contribution is -0.384. The number of nitrogens with one attached hydrogen (secondary N) is 1. The molecular formula is C26H32N4O4. The molecule has 8 heteroatoms. The summed E-state index contributed by atoms with van der Waals surface area (Å²) in [7, 11) is 0. The lowest BCUT2D eigenvalue weighted by Crippen LogP contribution is -2.57. The molecule has 0 spiro atoms. The van der Waals surface area contributed by atoms with E-state index in [4.69, 9.17) is 4.74 Å². The van der Waals surface area contributed by atoms with Gasteiger partial charge in [0.25, 0.3) is 5.69 Å². The van der Waals surface area contributed by atoms with Crippen LogP contribution >= 0.6 is 0 Å². The first kappa shape index (κ1) is 22.8. The number of hydrogen-bond donors (Lipinski definition) is 1. The van der Waals surface area contributed by atoms with Crippen molar-refractivity contribution < 1.29 is 14.5 Å². The van der Waals surface area contributed by atoms with Crippen molar-refractivity contribution in [1.29, 1.82) is 0 Å². The van der Waals surface area contributed by atoms with Gasteiger partial charge in [-0.15, -0.1) is 0 Å². The van der Waals surface area contributed by atoms with E-state index >= 15 is 0 Å². The fraction of sp³-hybridized carbons (Fsp3) is 0.500. The molecule has 0 bridgehead atoms. The number of benzene rings is 2. The Labute approximate surface area is 200 Å². The molecule has 8 nitrogen and oxygen atoms in total. The molecule has 1 atom stereocenters. The number of carbonyl (C=O) groups excluding carboxylic acids is 1. The van der Waals surface area contributed by atoms with Gasteiger partial charge in [-0.3, -0.25) is 15.0 Å². The molecule has 0 unspecified atom stereocenters. The van der Waals surface area contributed by atoms with Gasteiger partial charge in [-0.2, -0.15) is 0 Å². The van der Waals surface area contributed by atoms with Crippen LogP contribution in [-0.4, -0.2) is 59.6 Å². The smallest absolute Gasteiger partial charge is 0.318 e. The molecule has 2 amide bonds. The number of nitro benzene ring substituents is 1. The Hall–Kier alpha value is -2.97. The second kappa shape index (κ2) is 9.72. The van der Waals surface area contributed by atoms with Gasteiger partial charge in [0.1, 0.15) is 0 Å². The molecule has 5 rings (SSSR count). The van der Waals surface area contributed by atoms with E-state index in [0.717, 1.165) is 64.1 Å². The van der Waals surface area contributed by atoms with Crippen LogP contribution in [0, 0.1) is 16.0 Å². The highest BCUT2D eigenvalue weighted by Gasteiger charge is 2.54. The molecular weight excluding hydrogens is 432 g/mol. The van der Waals surface area contributed by atoms with Gasteiger partial charge in [-0.05, 0) is 42.7 Å². The Morgan fingerprint density at radius 2 is 1.68 bits per heavy atom. The van der Waals surface area contributed by atoms with Gasteiger partial charge in [0, 0.05) is 57.6 Å². The second-order valence-electron chi connectivity index (χ2n) is 9.64. The lowest BCUT2D eigenvalue weighted by atomic mass is 9.72. The van der Waals surface area contributed by atoms with E-state index in [2.05, 4.69) is 39.4 Å². The summed E-state index contributed by atoms with van der Waals surface area (Å²) < 4.78 is 5.67. The first-order valence-corrected chi connectivity index (χ1v) is 12.2.